The van der Waals surface area contributed by atoms with Crippen molar-refractivity contribution >= 4 is 17.3 Å². The summed E-state index contributed by atoms with van der Waals surface area (Å²) in [6.45, 7) is 1.74. The lowest BCUT2D eigenvalue weighted by molar-refractivity contribution is 0.462. The highest BCUT2D eigenvalue weighted by Gasteiger charge is 2.13. The van der Waals surface area contributed by atoms with E-state index in [2.05, 4.69) is 5.32 Å². The molecule has 5 heteroatoms. The van der Waals surface area contributed by atoms with Crippen molar-refractivity contribution in [3.8, 4) is 5.75 Å². The normalized spacial score (nSPS) is 12.2. The summed E-state index contributed by atoms with van der Waals surface area (Å²) < 4.78 is 26.1. The Morgan fingerprint density at radius 2 is 1.74 bits per heavy atom. The minimum atomic E-state index is -0.438. The minimum Gasteiger partial charge on any atom is -0.508 e. The van der Waals surface area contributed by atoms with Crippen molar-refractivity contribution in [2.24, 2.45) is 0 Å². The second-order valence-electron chi connectivity index (χ2n) is 4.19. The van der Waals surface area contributed by atoms with E-state index in [1.54, 1.807) is 6.92 Å². The molecule has 2 N–H and O–H groups in total. The average Bonchev–Trinajstić information content (AvgIpc) is 2.35. The van der Waals surface area contributed by atoms with Crippen LogP contribution in [0.2, 0.25) is 5.02 Å². The molecule has 0 aliphatic rings. The second kappa shape index (κ2) is 5.45. The largest absolute Gasteiger partial charge is 0.508 e. The van der Waals surface area contributed by atoms with Crippen LogP contribution in [-0.4, -0.2) is 5.11 Å². The van der Waals surface area contributed by atoms with Crippen LogP contribution in [0, 0.1) is 11.6 Å². The molecule has 2 rings (SSSR count). The fourth-order valence-electron chi connectivity index (χ4n) is 1.79. The molecular formula is C14H12ClF2NO. The average molecular weight is 284 g/mol. The zero-order valence-electron chi connectivity index (χ0n) is 10.1. The molecule has 2 aromatic carbocycles. The molecule has 0 aliphatic carbocycles. The van der Waals surface area contributed by atoms with Gasteiger partial charge in [0.15, 0.2) is 0 Å². The Hall–Kier alpha value is -1.81. The molecule has 0 saturated carbocycles. The zero-order chi connectivity index (χ0) is 14.0. The van der Waals surface area contributed by atoms with Gasteiger partial charge in [-0.25, -0.2) is 8.78 Å². The van der Waals surface area contributed by atoms with E-state index < -0.39 is 11.6 Å². The molecule has 0 spiro atoms. The summed E-state index contributed by atoms with van der Waals surface area (Å²) >= 11 is 5.89. The Balaban J connectivity index is 2.25. The highest BCUT2D eigenvalue weighted by molar-refractivity contribution is 6.33. The molecule has 100 valence electrons. The molecule has 1 atom stereocenters. The highest BCUT2D eigenvalue weighted by Crippen LogP contribution is 2.30. The lowest BCUT2D eigenvalue weighted by Gasteiger charge is -2.18. The van der Waals surface area contributed by atoms with Gasteiger partial charge in [0, 0.05) is 5.56 Å². The number of phenolic OH excluding ortho intramolecular Hbond substituents is 1. The number of anilines is 1. The van der Waals surface area contributed by atoms with Crippen LogP contribution >= 0.6 is 11.6 Å². The SMILES string of the molecule is CC(Nc1ccc(F)cc1Cl)c1cc(F)ccc1O. The van der Waals surface area contributed by atoms with E-state index >= 15 is 0 Å². The van der Waals surface area contributed by atoms with Gasteiger partial charge in [0.25, 0.3) is 0 Å². The van der Waals surface area contributed by atoms with Crippen LogP contribution < -0.4 is 5.32 Å². The molecule has 0 aromatic heterocycles. The van der Waals surface area contributed by atoms with Gasteiger partial charge in [0.2, 0.25) is 0 Å². The number of halogens is 3. The molecule has 0 saturated heterocycles. The monoisotopic (exact) mass is 283 g/mol. The molecule has 0 amide bonds. The van der Waals surface area contributed by atoms with Gasteiger partial charge in [0.05, 0.1) is 16.8 Å². The first-order valence-electron chi connectivity index (χ1n) is 5.67. The van der Waals surface area contributed by atoms with Gasteiger partial charge in [-0.1, -0.05) is 11.6 Å². The van der Waals surface area contributed by atoms with Gasteiger partial charge in [-0.3, -0.25) is 0 Å². The predicted octanol–water partition coefficient (Wildman–Crippen LogP) is 4.50. The predicted molar refractivity (Wildman–Crippen MR) is 71.5 cm³/mol. The van der Waals surface area contributed by atoms with Crippen LogP contribution in [0.3, 0.4) is 0 Å². The summed E-state index contributed by atoms with van der Waals surface area (Å²) in [7, 11) is 0. The van der Waals surface area contributed by atoms with Gasteiger partial charge in [0.1, 0.15) is 17.4 Å². The summed E-state index contributed by atoms with van der Waals surface area (Å²) in [6, 6.07) is 7.27. The zero-order valence-corrected chi connectivity index (χ0v) is 10.9. The third-order valence-electron chi connectivity index (χ3n) is 2.76. The summed E-state index contributed by atoms with van der Waals surface area (Å²) in [5.74, 6) is -0.886. The van der Waals surface area contributed by atoms with Crippen molar-refractivity contribution < 1.29 is 13.9 Å². The van der Waals surface area contributed by atoms with Crippen molar-refractivity contribution in [2.75, 3.05) is 5.32 Å². The first-order valence-corrected chi connectivity index (χ1v) is 6.05. The second-order valence-corrected chi connectivity index (χ2v) is 4.60. The highest BCUT2D eigenvalue weighted by atomic mass is 35.5. The molecule has 0 radical (unpaired) electrons. The lowest BCUT2D eigenvalue weighted by atomic mass is 10.1. The first-order chi connectivity index (χ1) is 8.97. The van der Waals surface area contributed by atoms with Crippen LogP contribution in [-0.2, 0) is 0 Å². The minimum absolute atomic E-state index is 0.0142. The van der Waals surface area contributed by atoms with Gasteiger partial charge in [-0.05, 0) is 43.3 Å². The Kier molecular flexibility index (Phi) is 3.90. The number of hydrogen-bond acceptors (Lipinski definition) is 2. The van der Waals surface area contributed by atoms with Crippen LogP contribution in [0.25, 0.3) is 0 Å². The van der Waals surface area contributed by atoms with Crippen LogP contribution in [0.15, 0.2) is 36.4 Å². The van der Waals surface area contributed by atoms with Gasteiger partial charge >= 0.3 is 0 Å². The number of rotatable bonds is 3. The third-order valence-corrected chi connectivity index (χ3v) is 3.07. The molecule has 2 nitrogen and oxygen atoms in total. The molecular weight excluding hydrogens is 272 g/mol. The molecule has 0 fully saturated rings. The maximum Gasteiger partial charge on any atom is 0.124 e. The van der Waals surface area contributed by atoms with Crippen molar-refractivity contribution in [3.05, 3.63) is 58.6 Å². The maximum atomic E-state index is 13.2. The molecule has 2 aromatic rings. The van der Waals surface area contributed by atoms with E-state index in [0.29, 0.717) is 11.3 Å². The van der Waals surface area contributed by atoms with Crippen molar-refractivity contribution in [3.63, 3.8) is 0 Å². The molecule has 0 bridgehead atoms. The van der Waals surface area contributed by atoms with Crippen LogP contribution in [0.5, 0.6) is 5.75 Å². The summed E-state index contributed by atoms with van der Waals surface area (Å²) in [5, 5.41) is 12.9. The van der Waals surface area contributed by atoms with Crippen LogP contribution in [0.4, 0.5) is 14.5 Å². The number of hydrogen-bond donors (Lipinski definition) is 2. The summed E-state index contributed by atoms with van der Waals surface area (Å²) in [4.78, 5) is 0. The Bertz CT molecular complexity index is 604. The van der Waals surface area contributed by atoms with Crippen molar-refractivity contribution in [1.29, 1.82) is 0 Å². The fourth-order valence-corrected chi connectivity index (χ4v) is 2.01. The standard InChI is InChI=1S/C14H12ClF2NO/c1-8(11-6-9(16)3-5-14(11)19)18-13-4-2-10(17)7-12(13)15/h2-8,18-19H,1H3. The van der Waals surface area contributed by atoms with E-state index in [4.69, 9.17) is 11.6 Å². The van der Waals surface area contributed by atoms with E-state index in [-0.39, 0.29) is 16.8 Å². The van der Waals surface area contributed by atoms with E-state index in [1.165, 1.54) is 36.4 Å². The lowest BCUT2D eigenvalue weighted by Crippen LogP contribution is -2.07. The van der Waals surface area contributed by atoms with E-state index in [0.717, 1.165) is 0 Å². The van der Waals surface area contributed by atoms with Crippen LogP contribution in [0.1, 0.15) is 18.5 Å². The molecule has 0 aliphatic heterocycles. The van der Waals surface area contributed by atoms with Gasteiger partial charge in [-0.2, -0.15) is 0 Å². The van der Waals surface area contributed by atoms with Gasteiger partial charge < -0.3 is 10.4 Å². The van der Waals surface area contributed by atoms with E-state index in [1.807, 2.05) is 0 Å². The fraction of sp³-hybridized carbons (Fsp3) is 0.143. The first kappa shape index (κ1) is 13.6. The summed E-state index contributed by atoms with van der Waals surface area (Å²) in [5.41, 5.74) is 0.916. The Morgan fingerprint density at radius 3 is 2.42 bits per heavy atom. The summed E-state index contributed by atoms with van der Waals surface area (Å²) in [6.07, 6.45) is 0. The molecule has 1 unspecified atom stereocenters. The number of aromatic hydroxyl groups is 1. The number of benzene rings is 2. The number of phenols is 1. The maximum absolute atomic E-state index is 13.2. The van der Waals surface area contributed by atoms with Crippen molar-refractivity contribution in [2.45, 2.75) is 13.0 Å². The Labute approximate surface area is 114 Å². The third kappa shape index (κ3) is 3.15. The smallest absolute Gasteiger partial charge is 0.124 e. The molecule has 0 heterocycles. The quantitative estimate of drug-likeness (QED) is 0.869. The topological polar surface area (TPSA) is 32.3 Å². The van der Waals surface area contributed by atoms with E-state index in [9.17, 15) is 13.9 Å². The van der Waals surface area contributed by atoms with Gasteiger partial charge in [-0.15, -0.1) is 0 Å². The number of nitrogens with one attached hydrogen (secondary N) is 1. The molecule has 19 heavy (non-hydrogen) atoms. The Morgan fingerprint density at radius 1 is 1.11 bits per heavy atom. The van der Waals surface area contributed by atoms with Crippen molar-refractivity contribution in [1.82, 2.24) is 0 Å².